The zero-order valence-corrected chi connectivity index (χ0v) is 15.8. The summed E-state index contributed by atoms with van der Waals surface area (Å²) in [6.45, 7) is 2.54. The summed E-state index contributed by atoms with van der Waals surface area (Å²) in [7, 11) is 1.61. The lowest BCUT2D eigenvalue weighted by atomic mass is 10.1. The Hall–Kier alpha value is -3.35. The lowest BCUT2D eigenvalue weighted by Gasteiger charge is -2.36. The Morgan fingerprint density at radius 2 is 1.89 bits per heavy atom. The maximum Gasteiger partial charge on any atom is 0.254 e. The molecular formula is C21H23N5O2. The van der Waals surface area contributed by atoms with Crippen molar-refractivity contribution in [1.29, 1.82) is 0 Å². The number of para-hydroxylation sites is 1. The lowest BCUT2D eigenvalue weighted by Crippen LogP contribution is -2.49. The fourth-order valence-corrected chi connectivity index (χ4v) is 3.68. The van der Waals surface area contributed by atoms with Crippen LogP contribution in [0.5, 0.6) is 0 Å². The molecule has 144 valence electrons. The number of hydrogen-bond donors (Lipinski definition) is 2. The Morgan fingerprint density at radius 1 is 1.11 bits per heavy atom. The maximum atomic E-state index is 12.8. The van der Waals surface area contributed by atoms with Gasteiger partial charge in [-0.2, -0.15) is 0 Å². The summed E-state index contributed by atoms with van der Waals surface area (Å²) < 4.78 is 0. The van der Waals surface area contributed by atoms with Crippen molar-refractivity contribution >= 4 is 28.5 Å². The summed E-state index contributed by atoms with van der Waals surface area (Å²) in [6, 6.07) is 11.5. The highest BCUT2D eigenvalue weighted by molar-refractivity contribution is 5.98. The minimum Gasteiger partial charge on any atom is -0.361 e. The van der Waals surface area contributed by atoms with Crippen LogP contribution >= 0.6 is 0 Å². The van der Waals surface area contributed by atoms with E-state index >= 15 is 0 Å². The van der Waals surface area contributed by atoms with Crippen molar-refractivity contribution < 1.29 is 9.59 Å². The SMILES string of the molecule is CNC(=O)c1cccnc1N1CCN(C(=O)Cc2c[nH]c3ccccc23)CC1. The highest BCUT2D eigenvalue weighted by Gasteiger charge is 2.25. The van der Waals surface area contributed by atoms with Crippen LogP contribution < -0.4 is 10.2 Å². The maximum absolute atomic E-state index is 12.8. The lowest BCUT2D eigenvalue weighted by molar-refractivity contribution is -0.130. The van der Waals surface area contributed by atoms with E-state index in [1.165, 1.54) is 0 Å². The molecule has 0 unspecified atom stereocenters. The number of carbonyl (C=O) groups excluding carboxylic acids is 2. The van der Waals surface area contributed by atoms with Gasteiger partial charge in [-0.05, 0) is 23.8 Å². The number of nitrogens with zero attached hydrogens (tertiary/aromatic N) is 3. The Labute approximate surface area is 163 Å². The van der Waals surface area contributed by atoms with Crippen molar-refractivity contribution in [2.75, 3.05) is 38.1 Å². The van der Waals surface area contributed by atoms with Crippen molar-refractivity contribution in [3.05, 3.63) is 59.9 Å². The van der Waals surface area contributed by atoms with Crippen LogP contribution in [0.2, 0.25) is 0 Å². The average Bonchev–Trinajstić information content (AvgIpc) is 3.16. The third-order valence-electron chi connectivity index (χ3n) is 5.21. The summed E-state index contributed by atoms with van der Waals surface area (Å²) >= 11 is 0. The van der Waals surface area contributed by atoms with E-state index in [0.717, 1.165) is 16.5 Å². The van der Waals surface area contributed by atoms with Crippen LogP contribution in [0, 0.1) is 0 Å². The second-order valence-corrected chi connectivity index (χ2v) is 6.86. The quantitative estimate of drug-likeness (QED) is 0.727. The Bertz CT molecular complexity index is 1000. The number of rotatable bonds is 4. The van der Waals surface area contributed by atoms with E-state index in [2.05, 4.69) is 20.2 Å². The van der Waals surface area contributed by atoms with Crippen molar-refractivity contribution in [1.82, 2.24) is 20.2 Å². The number of H-pyrrole nitrogens is 1. The van der Waals surface area contributed by atoms with Crippen LogP contribution in [0.4, 0.5) is 5.82 Å². The number of carbonyl (C=O) groups is 2. The second-order valence-electron chi connectivity index (χ2n) is 6.86. The van der Waals surface area contributed by atoms with Gasteiger partial charge in [-0.25, -0.2) is 4.98 Å². The number of nitrogens with one attached hydrogen (secondary N) is 2. The first kappa shape index (κ1) is 18.0. The van der Waals surface area contributed by atoms with Gasteiger partial charge >= 0.3 is 0 Å². The van der Waals surface area contributed by atoms with E-state index in [4.69, 9.17) is 0 Å². The van der Waals surface area contributed by atoms with Crippen molar-refractivity contribution in [3.63, 3.8) is 0 Å². The Morgan fingerprint density at radius 3 is 2.68 bits per heavy atom. The molecule has 1 aromatic carbocycles. The molecule has 1 aliphatic heterocycles. The predicted octanol–water partition coefficient (Wildman–Crippen LogP) is 1.81. The number of anilines is 1. The van der Waals surface area contributed by atoms with Gasteiger partial charge in [0.25, 0.3) is 5.91 Å². The second kappa shape index (κ2) is 7.72. The Kier molecular flexibility index (Phi) is 4.97. The molecule has 0 radical (unpaired) electrons. The normalized spacial score (nSPS) is 14.3. The monoisotopic (exact) mass is 377 g/mol. The smallest absolute Gasteiger partial charge is 0.254 e. The Balaban J connectivity index is 1.42. The molecule has 0 bridgehead atoms. The predicted molar refractivity (Wildman–Crippen MR) is 108 cm³/mol. The van der Waals surface area contributed by atoms with E-state index in [-0.39, 0.29) is 11.8 Å². The zero-order chi connectivity index (χ0) is 19.5. The van der Waals surface area contributed by atoms with Gasteiger partial charge < -0.3 is 20.1 Å². The van der Waals surface area contributed by atoms with Gasteiger partial charge in [0.15, 0.2) is 0 Å². The molecule has 0 aliphatic carbocycles. The van der Waals surface area contributed by atoms with Crippen molar-refractivity contribution in [2.45, 2.75) is 6.42 Å². The van der Waals surface area contributed by atoms with Crippen LogP contribution in [0.25, 0.3) is 10.9 Å². The van der Waals surface area contributed by atoms with Crippen LogP contribution in [0.3, 0.4) is 0 Å². The zero-order valence-electron chi connectivity index (χ0n) is 15.8. The van der Waals surface area contributed by atoms with Gasteiger partial charge in [0.1, 0.15) is 5.82 Å². The van der Waals surface area contributed by atoms with E-state index in [9.17, 15) is 9.59 Å². The molecule has 3 aromatic rings. The van der Waals surface area contributed by atoms with Crippen molar-refractivity contribution in [3.8, 4) is 0 Å². The van der Waals surface area contributed by atoms with Gasteiger partial charge in [0.05, 0.1) is 12.0 Å². The molecule has 4 rings (SSSR count). The fraction of sp³-hybridized carbons (Fsp3) is 0.286. The van der Waals surface area contributed by atoms with Crippen LogP contribution in [0.1, 0.15) is 15.9 Å². The number of pyridine rings is 1. The minimum atomic E-state index is -0.152. The third kappa shape index (κ3) is 3.43. The van der Waals surface area contributed by atoms with Crippen LogP contribution in [0.15, 0.2) is 48.8 Å². The summed E-state index contributed by atoms with van der Waals surface area (Å²) in [5.74, 6) is 0.642. The molecule has 3 heterocycles. The number of aromatic amines is 1. The van der Waals surface area contributed by atoms with Gasteiger partial charge in [0.2, 0.25) is 5.91 Å². The standard InChI is InChI=1S/C21H23N5O2/c1-22-21(28)17-6-4-8-23-20(17)26-11-9-25(10-12-26)19(27)13-15-14-24-18-7-3-2-5-16(15)18/h2-8,14,24H,9-13H2,1H3,(H,22,28). The number of amides is 2. The molecule has 2 aromatic heterocycles. The number of piperazine rings is 1. The molecule has 2 amide bonds. The molecule has 7 nitrogen and oxygen atoms in total. The van der Waals surface area contributed by atoms with E-state index < -0.39 is 0 Å². The topological polar surface area (TPSA) is 81.3 Å². The molecule has 1 fully saturated rings. The summed E-state index contributed by atoms with van der Waals surface area (Å²) in [5, 5.41) is 3.75. The van der Waals surface area contributed by atoms with Gasteiger partial charge in [-0.1, -0.05) is 18.2 Å². The third-order valence-corrected chi connectivity index (χ3v) is 5.21. The molecule has 1 saturated heterocycles. The van der Waals surface area contributed by atoms with E-state index in [1.807, 2.05) is 35.4 Å². The summed E-state index contributed by atoms with van der Waals surface area (Å²) in [6.07, 6.45) is 4.00. The number of fused-ring (bicyclic) bond motifs is 1. The molecule has 0 saturated carbocycles. The molecule has 28 heavy (non-hydrogen) atoms. The molecular weight excluding hydrogens is 354 g/mol. The van der Waals surface area contributed by atoms with Crippen molar-refractivity contribution in [2.24, 2.45) is 0 Å². The highest BCUT2D eigenvalue weighted by atomic mass is 16.2. The first-order valence-electron chi connectivity index (χ1n) is 9.42. The van der Waals surface area contributed by atoms with Gasteiger partial charge in [0, 0.05) is 56.5 Å². The van der Waals surface area contributed by atoms with Crippen LogP contribution in [-0.2, 0) is 11.2 Å². The summed E-state index contributed by atoms with van der Waals surface area (Å²) in [4.78, 5) is 36.5. The number of aromatic nitrogens is 2. The number of benzene rings is 1. The summed E-state index contributed by atoms with van der Waals surface area (Å²) in [5.41, 5.74) is 2.63. The fourth-order valence-electron chi connectivity index (χ4n) is 3.68. The molecule has 1 aliphatic rings. The largest absolute Gasteiger partial charge is 0.361 e. The van der Waals surface area contributed by atoms with E-state index in [1.54, 1.807) is 25.4 Å². The highest BCUT2D eigenvalue weighted by Crippen LogP contribution is 2.21. The number of hydrogen-bond acceptors (Lipinski definition) is 4. The molecule has 2 N–H and O–H groups in total. The average molecular weight is 377 g/mol. The molecule has 7 heteroatoms. The minimum absolute atomic E-state index is 0.122. The van der Waals surface area contributed by atoms with Gasteiger partial charge in [-0.3, -0.25) is 9.59 Å². The first-order chi connectivity index (χ1) is 13.7. The van der Waals surface area contributed by atoms with E-state index in [0.29, 0.717) is 44.0 Å². The first-order valence-corrected chi connectivity index (χ1v) is 9.42. The molecule has 0 atom stereocenters. The van der Waals surface area contributed by atoms with Gasteiger partial charge in [-0.15, -0.1) is 0 Å². The molecule has 0 spiro atoms. The van der Waals surface area contributed by atoms with Crippen LogP contribution in [-0.4, -0.2) is 59.9 Å².